The maximum Gasteiger partial charge on any atom is 0.236 e. The summed E-state index contributed by atoms with van der Waals surface area (Å²) in [7, 11) is 0. The number of ether oxygens (including phenoxy) is 1. The maximum absolute atomic E-state index is 12.4. The third-order valence-corrected chi connectivity index (χ3v) is 5.38. The molecule has 3 aliphatic heterocycles. The highest BCUT2D eigenvalue weighted by molar-refractivity contribution is 5.85. The zero-order valence-corrected chi connectivity index (χ0v) is 17.0. The molecule has 0 aromatic carbocycles. The molecule has 1 N–H and O–H groups in total. The van der Waals surface area contributed by atoms with Crippen LogP contribution in [0, 0.1) is 5.92 Å². The van der Waals surface area contributed by atoms with E-state index in [0.29, 0.717) is 58.3 Å². The van der Waals surface area contributed by atoms with Crippen molar-refractivity contribution in [2.24, 2.45) is 5.92 Å². The summed E-state index contributed by atoms with van der Waals surface area (Å²) in [5.74, 6) is 1.09. The summed E-state index contributed by atoms with van der Waals surface area (Å²) in [4.78, 5) is 30.7. The number of hydrogen-bond acceptors (Lipinski definition) is 5. The number of carbonyl (C=O) groups excluding carboxylic acids is 2. The molecule has 0 bridgehead atoms. The molecule has 9 heteroatoms. The lowest BCUT2D eigenvalue weighted by atomic mass is 10.0. The minimum atomic E-state index is 0. The molecule has 0 aliphatic carbocycles. The Balaban J connectivity index is 0.00000169. The van der Waals surface area contributed by atoms with Crippen LogP contribution in [0.2, 0.25) is 0 Å². The van der Waals surface area contributed by atoms with Gasteiger partial charge in [-0.3, -0.25) is 14.5 Å². The first-order valence-corrected chi connectivity index (χ1v) is 9.29. The first-order chi connectivity index (χ1) is 11.7. The molecular weight excluding hydrogens is 379 g/mol. The molecule has 0 aromatic rings. The molecule has 3 fully saturated rings. The Morgan fingerprint density at radius 3 is 2.12 bits per heavy atom. The first kappa shape index (κ1) is 23.4. The average Bonchev–Trinajstić information content (AvgIpc) is 3.14. The van der Waals surface area contributed by atoms with Crippen LogP contribution in [0.5, 0.6) is 0 Å². The number of carbonyl (C=O) groups is 2. The molecule has 3 rings (SSSR count). The molecule has 26 heavy (non-hydrogen) atoms. The van der Waals surface area contributed by atoms with Gasteiger partial charge in [0.1, 0.15) is 0 Å². The van der Waals surface area contributed by atoms with Gasteiger partial charge in [0.2, 0.25) is 11.8 Å². The van der Waals surface area contributed by atoms with Crippen LogP contribution in [-0.2, 0) is 14.3 Å². The number of hydrogen-bond donors (Lipinski definition) is 1. The van der Waals surface area contributed by atoms with Crippen molar-refractivity contribution in [3.63, 3.8) is 0 Å². The summed E-state index contributed by atoms with van der Waals surface area (Å²) in [5.41, 5.74) is 0. The Bertz CT molecular complexity index is 436. The van der Waals surface area contributed by atoms with Crippen molar-refractivity contribution in [2.45, 2.75) is 19.3 Å². The van der Waals surface area contributed by atoms with Crippen LogP contribution in [-0.4, -0.2) is 98.6 Å². The number of piperazine rings is 1. The molecule has 0 saturated carbocycles. The van der Waals surface area contributed by atoms with Gasteiger partial charge in [0.05, 0.1) is 19.8 Å². The number of rotatable bonds is 5. The fraction of sp³-hybridized carbons (Fsp3) is 0.882. The zero-order valence-electron chi connectivity index (χ0n) is 15.4. The second kappa shape index (κ2) is 12.0. The lowest BCUT2D eigenvalue weighted by Gasteiger charge is -2.36. The van der Waals surface area contributed by atoms with E-state index in [2.05, 4.69) is 10.2 Å². The molecule has 3 heterocycles. The predicted octanol–water partition coefficient (Wildman–Crippen LogP) is 0.223. The first-order valence-electron chi connectivity index (χ1n) is 9.29. The Labute approximate surface area is 168 Å². The van der Waals surface area contributed by atoms with E-state index < -0.39 is 0 Å². The minimum absolute atomic E-state index is 0. The molecule has 0 radical (unpaired) electrons. The molecule has 1 unspecified atom stereocenters. The van der Waals surface area contributed by atoms with Gasteiger partial charge in [-0.2, -0.15) is 0 Å². The lowest BCUT2D eigenvalue weighted by molar-refractivity contribution is -0.140. The molecule has 0 aromatic heterocycles. The molecule has 1 atom stereocenters. The predicted molar refractivity (Wildman–Crippen MR) is 105 cm³/mol. The molecule has 3 saturated heterocycles. The smallest absolute Gasteiger partial charge is 0.236 e. The average molecular weight is 411 g/mol. The van der Waals surface area contributed by atoms with Crippen LogP contribution in [0.3, 0.4) is 0 Å². The second-order valence-electron chi connectivity index (χ2n) is 7.05. The summed E-state index contributed by atoms with van der Waals surface area (Å²) in [6.45, 7) is 8.40. The van der Waals surface area contributed by atoms with Gasteiger partial charge in [-0.1, -0.05) is 0 Å². The Morgan fingerprint density at radius 1 is 0.923 bits per heavy atom. The van der Waals surface area contributed by atoms with Gasteiger partial charge in [0.25, 0.3) is 0 Å². The number of nitrogens with one attached hydrogen (secondary N) is 1. The molecular formula is C17H32Cl2N4O3. The van der Waals surface area contributed by atoms with Crippen LogP contribution in [0.4, 0.5) is 0 Å². The SMILES string of the molecule is Cl.Cl.O=C(CCC1CCNC1)N1CCN(C(=O)CN2CCOCC2)CC1. The van der Waals surface area contributed by atoms with Crippen LogP contribution in [0.25, 0.3) is 0 Å². The minimum Gasteiger partial charge on any atom is -0.379 e. The fourth-order valence-corrected chi connectivity index (χ4v) is 3.70. The van der Waals surface area contributed by atoms with E-state index in [4.69, 9.17) is 4.74 Å². The van der Waals surface area contributed by atoms with E-state index in [-0.39, 0.29) is 36.6 Å². The van der Waals surface area contributed by atoms with Crippen LogP contribution in [0.15, 0.2) is 0 Å². The van der Waals surface area contributed by atoms with E-state index in [9.17, 15) is 9.59 Å². The number of amides is 2. The fourth-order valence-electron chi connectivity index (χ4n) is 3.70. The monoisotopic (exact) mass is 410 g/mol. The highest BCUT2D eigenvalue weighted by Crippen LogP contribution is 2.16. The molecule has 2 amide bonds. The van der Waals surface area contributed by atoms with Crippen molar-refractivity contribution < 1.29 is 14.3 Å². The summed E-state index contributed by atoms with van der Waals surface area (Å²) in [6, 6.07) is 0. The highest BCUT2D eigenvalue weighted by atomic mass is 35.5. The molecule has 3 aliphatic rings. The third kappa shape index (κ3) is 6.85. The van der Waals surface area contributed by atoms with Gasteiger partial charge in [-0.25, -0.2) is 0 Å². The van der Waals surface area contributed by atoms with E-state index in [1.807, 2.05) is 9.80 Å². The summed E-state index contributed by atoms with van der Waals surface area (Å²) >= 11 is 0. The van der Waals surface area contributed by atoms with E-state index >= 15 is 0 Å². The Kier molecular flexibility index (Phi) is 10.8. The van der Waals surface area contributed by atoms with Crippen LogP contribution < -0.4 is 5.32 Å². The number of halogens is 2. The quantitative estimate of drug-likeness (QED) is 0.702. The van der Waals surface area contributed by atoms with E-state index in [0.717, 1.165) is 32.6 Å². The van der Waals surface area contributed by atoms with Gasteiger partial charge >= 0.3 is 0 Å². The number of nitrogens with zero attached hydrogens (tertiary/aromatic N) is 3. The Hall–Kier alpha value is -0.600. The normalized spacial score (nSPS) is 23.9. The molecule has 7 nitrogen and oxygen atoms in total. The summed E-state index contributed by atoms with van der Waals surface area (Å²) in [6.07, 6.45) is 2.83. The summed E-state index contributed by atoms with van der Waals surface area (Å²) in [5, 5.41) is 3.35. The van der Waals surface area contributed by atoms with Gasteiger partial charge < -0.3 is 19.9 Å². The standard InChI is InChI=1S/C17H30N4O3.2ClH/c22-16(2-1-15-3-4-18-13-15)20-5-7-21(8-6-20)17(23)14-19-9-11-24-12-10-19;;/h15,18H,1-14H2;2*1H. The van der Waals surface area contributed by atoms with Gasteiger partial charge in [0, 0.05) is 45.7 Å². The van der Waals surface area contributed by atoms with Crippen molar-refractivity contribution in [3.8, 4) is 0 Å². The van der Waals surface area contributed by atoms with Gasteiger partial charge in [0.15, 0.2) is 0 Å². The van der Waals surface area contributed by atoms with E-state index in [1.54, 1.807) is 0 Å². The lowest BCUT2D eigenvalue weighted by Crippen LogP contribution is -2.53. The van der Waals surface area contributed by atoms with Crippen molar-refractivity contribution >= 4 is 36.6 Å². The van der Waals surface area contributed by atoms with Crippen molar-refractivity contribution in [1.29, 1.82) is 0 Å². The van der Waals surface area contributed by atoms with Crippen molar-refractivity contribution in [2.75, 3.05) is 72.1 Å². The van der Waals surface area contributed by atoms with Gasteiger partial charge in [-0.15, -0.1) is 24.8 Å². The maximum atomic E-state index is 12.4. The summed E-state index contributed by atoms with van der Waals surface area (Å²) < 4.78 is 5.31. The topological polar surface area (TPSA) is 65.1 Å². The van der Waals surface area contributed by atoms with E-state index in [1.165, 1.54) is 6.42 Å². The zero-order chi connectivity index (χ0) is 16.8. The largest absolute Gasteiger partial charge is 0.379 e. The number of morpholine rings is 1. The van der Waals surface area contributed by atoms with Crippen molar-refractivity contribution in [1.82, 2.24) is 20.0 Å². The van der Waals surface area contributed by atoms with Crippen LogP contribution in [0.1, 0.15) is 19.3 Å². The second-order valence-corrected chi connectivity index (χ2v) is 7.05. The highest BCUT2D eigenvalue weighted by Gasteiger charge is 2.26. The van der Waals surface area contributed by atoms with Crippen molar-refractivity contribution in [3.05, 3.63) is 0 Å². The molecule has 152 valence electrons. The van der Waals surface area contributed by atoms with Crippen LogP contribution >= 0.6 is 24.8 Å². The molecule has 0 spiro atoms. The Morgan fingerprint density at radius 2 is 1.54 bits per heavy atom. The van der Waals surface area contributed by atoms with Gasteiger partial charge in [-0.05, 0) is 31.8 Å². The third-order valence-electron chi connectivity index (χ3n) is 5.38.